The first-order valence-corrected chi connectivity index (χ1v) is 8.52. The second kappa shape index (κ2) is 6.46. The molecule has 0 aliphatic rings. The molecule has 1 aromatic heterocycles. The topological polar surface area (TPSA) is 88.4 Å². The van der Waals surface area contributed by atoms with Crippen molar-refractivity contribution in [3.8, 4) is 0 Å². The van der Waals surface area contributed by atoms with Gasteiger partial charge in [0.05, 0.1) is 6.54 Å². The van der Waals surface area contributed by atoms with Crippen molar-refractivity contribution in [2.45, 2.75) is 23.8 Å². The molecule has 1 heterocycles. The summed E-state index contributed by atoms with van der Waals surface area (Å²) in [7, 11) is -2.99. The molecule has 0 aliphatic heterocycles. The van der Waals surface area contributed by atoms with Gasteiger partial charge in [0.2, 0.25) is 5.09 Å². The number of nitrogens with one attached hydrogen (secondary N) is 2. The Balaban J connectivity index is 2.70. The monoisotopic (exact) mass is 294 g/mol. The predicted molar refractivity (Wildman–Crippen MR) is 70.2 cm³/mol. The lowest BCUT2D eigenvalue weighted by molar-refractivity contribution is 0.404. The van der Waals surface area contributed by atoms with Gasteiger partial charge < -0.3 is 9.73 Å². The lowest BCUT2D eigenvalue weighted by Gasteiger charge is -2.08. The van der Waals surface area contributed by atoms with E-state index in [-0.39, 0.29) is 16.9 Å². The first-order chi connectivity index (χ1) is 8.36. The van der Waals surface area contributed by atoms with E-state index in [1.54, 1.807) is 20.0 Å². The Morgan fingerprint density at radius 1 is 1.44 bits per heavy atom. The Hall–Kier alpha value is -0.700. The molecule has 104 valence electrons. The van der Waals surface area contributed by atoms with Gasteiger partial charge in [-0.05, 0) is 26.1 Å². The molecule has 0 aliphatic carbocycles. The normalized spacial score (nSPS) is 15.5. The molecule has 1 aromatic rings. The molecule has 0 amide bonds. The van der Waals surface area contributed by atoms with Crippen molar-refractivity contribution in [1.82, 2.24) is 10.0 Å². The van der Waals surface area contributed by atoms with Crippen molar-refractivity contribution >= 4 is 20.8 Å². The van der Waals surface area contributed by atoms with Crippen LogP contribution < -0.4 is 10.0 Å². The summed E-state index contributed by atoms with van der Waals surface area (Å²) in [5.74, 6) is 0.546. The lowest BCUT2D eigenvalue weighted by atomic mass is 10.4. The average Bonchev–Trinajstić information content (AvgIpc) is 2.75. The Morgan fingerprint density at radius 2 is 2.11 bits per heavy atom. The first-order valence-electron chi connectivity index (χ1n) is 5.42. The fraction of sp³-hybridized carbons (Fsp3) is 0.600. The highest BCUT2D eigenvalue weighted by atomic mass is 32.2. The summed E-state index contributed by atoms with van der Waals surface area (Å²) < 4.78 is 42.4. The molecule has 0 saturated carbocycles. The molecule has 18 heavy (non-hydrogen) atoms. The Bertz CT molecular complexity index is 510. The standard InChI is InChI=1S/C10H18N2O4S2/c1-8(17(3)13)6-12-18(14,15)10-5-4-9(16-10)7-11-2/h4-5,8,11-12H,6-7H2,1-3H3. The van der Waals surface area contributed by atoms with Crippen LogP contribution in [0.2, 0.25) is 0 Å². The summed E-state index contributed by atoms with van der Waals surface area (Å²) in [5, 5.41) is 2.50. The third-order valence-corrected chi connectivity index (χ3v) is 4.98. The number of sulfonamides is 1. The third kappa shape index (κ3) is 4.20. The van der Waals surface area contributed by atoms with Crippen molar-refractivity contribution in [3.63, 3.8) is 0 Å². The molecule has 0 spiro atoms. The van der Waals surface area contributed by atoms with Crippen LogP contribution in [-0.2, 0) is 27.4 Å². The van der Waals surface area contributed by atoms with Crippen molar-refractivity contribution in [3.05, 3.63) is 17.9 Å². The number of hydrogen-bond donors (Lipinski definition) is 2. The highest BCUT2D eigenvalue weighted by Gasteiger charge is 2.20. The Morgan fingerprint density at radius 3 is 2.67 bits per heavy atom. The summed E-state index contributed by atoms with van der Waals surface area (Å²) in [5.41, 5.74) is 0. The minimum absolute atomic E-state index is 0.119. The minimum Gasteiger partial charge on any atom is -0.447 e. The van der Waals surface area contributed by atoms with Gasteiger partial charge in [-0.3, -0.25) is 4.21 Å². The van der Waals surface area contributed by atoms with E-state index in [1.165, 1.54) is 12.3 Å². The molecule has 2 N–H and O–H groups in total. The highest BCUT2D eigenvalue weighted by molar-refractivity contribution is 7.89. The molecule has 6 nitrogen and oxygen atoms in total. The van der Waals surface area contributed by atoms with E-state index in [0.717, 1.165) is 0 Å². The quantitative estimate of drug-likeness (QED) is 0.741. The van der Waals surface area contributed by atoms with Gasteiger partial charge in [0.1, 0.15) is 5.76 Å². The maximum atomic E-state index is 11.9. The Labute approximate surface area is 110 Å². The van der Waals surface area contributed by atoms with Crippen LogP contribution in [0.25, 0.3) is 0 Å². The smallest absolute Gasteiger partial charge is 0.273 e. The Kier molecular flexibility index (Phi) is 5.51. The van der Waals surface area contributed by atoms with Crippen LogP contribution in [0.4, 0.5) is 0 Å². The van der Waals surface area contributed by atoms with E-state index in [4.69, 9.17) is 4.42 Å². The number of rotatable bonds is 7. The molecule has 0 fully saturated rings. The molecule has 0 aromatic carbocycles. The van der Waals surface area contributed by atoms with Crippen molar-refractivity contribution in [2.75, 3.05) is 19.8 Å². The summed E-state index contributed by atoms with van der Waals surface area (Å²) in [6.45, 7) is 2.30. The third-order valence-electron chi connectivity index (χ3n) is 2.38. The highest BCUT2D eigenvalue weighted by Crippen LogP contribution is 2.13. The van der Waals surface area contributed by atoms with Gasteiger partial charge in [-0.1, -0.05) is 0 Å². The van der Waals surface area contributed by atoms with Crippen LogP contribution in [0.1, 0.15) is 12.7 Å². The van der Waals surface area contributed by atoms with Crippen LogP contribution in [0.3, 0.4) is 0 Å². The van der Waals surface area contributed by atoms with Gasteiger partial charge in [0.25, 0.3) is 10.0 Å². The molecular formula is C10H18N2O4S2. The van der Waals surface area contributed by atoms with Gasteiger partial charge in [0.15, 0.2) is 0 Å². The van der Waals surface area contributed by atoms with E-state index in [1.807, 2.05) is 0 Å². The zero-order valence-corrected chi connectivity index (χ0v) is 12.2. The van der Waals surface area contributed by atoms with Gasteiger partial charge in [0, 0.05) is 28.9 Å². The van der Waals surface area contributed by atoms with Gasteiger partial charge in [-0.2, -0.15) is 0 Å². The molecule has 8 heteroatoms. The summed E-state index contributed by atoms with van der Waals surface area (Å²) >= 11 is 0. The maximum absolute atomic E-state index is 11.9. The maximum Gasteiger partial charge on any atom is 0.273 e. The van der Waals surface area contributed by atoms with Crippen LogP contribution in [0.5, 0.6) is 0 Å². The van der Waals surface area contributed by atoms with Gasteiger partial charge in [-0.15, -0.1) is 0 Å². The molecular weight excluding hydrogens is 276 g/mol. The van der Waals surface area contributed by atoms with Crippen molar-refractivity contribution < 1.29 is 17.0 Å². The predicted octanol–water partition coefficient (Wildman–Crippen LogP) is 0.0443. The van der Waals surface area contributed by atoms with Crippen molar-refractivity contribution in [1.29, 1.82) is 0 Å². The largest absolute Gasteiger partial charge is 0.447 e. The van der Waals surface area contributed by atoms with Gasteiger partial charge in [-0.25, -0.2) is 13.1 Å². The molecule has 0 saturated heterocycles. The van der Waals surface area contributed by atoms with E-state index in [0.29, 0.717) is 12.3 Å². The van der Waals surface area contributed by atoms with Crippen LogP contribution in [-0.4, -0.2) is 37.7 Å². The zero-order valence-electron chi connectivity index (χ0n) is 10.6. The number of furan rings is 1. The summed E-state index contributed by atoms with van der Waals surface area (Å²) in [6.07, 6.45) is 1.54. The van der Waals surface area contributed by atoms with E-state index in [2.05, 4.69) is 10.0 Å². The molecule has 1 rings (SSSR count). The second-order valence-corrected chi connectivity index (χ2v) is 7.41. The SMILES string of the molecule is CNCc1ccc(S(=O)(=O)NCC(C)S(C)=O)o1. The second-order valence-electron chi connectivity index (χ2n) is 3.91. The van der Waals surface area contributed by atoms with Crippen molar-refractivity contribution in [2.24, 2.45) is 0 Å². The van der Waals surface area contributed by atoms with E-state index < -0.39 is 20.8 Å². The minimum atomic E-state index is -3.67. The molecule has 2 unspecified atom stereocenters. The van der Waals surface area contributed by atoms with Crippen LogP contribution in [0, 0.1) is 0 Å². The molecule has 2 atom stereocenters. The van der Waals surface area contributed by atoms with Crippen LogP contribution >= 0.6 is 0 Å². The zero-order chi connectivity index (χ0) is 13.8. The number of hydrogen-bond acceptors (Lipinski definition) is 5. The molecule has 0 bridgehead atoms. The van der Waals surface area contributed by atoms with Gasteiger partial charge >= 0.3 is 0 Å². The van der Waals surface area contributed by atoms with E-state index in [9.17, 15) is 12.6 Å². The van der Waals surface area contributed by atoms with E-state index >= 15 is 0 Å². The summed E-state index contributed by atoms with van der Waals surface area (Å²) in [4.78, 5) is 0. The fourth-order valence-electron chi connectivity index (χ4n) is 1.19. The van der Waals surface area contributed by atoms with Crippen LogP contribution in [0.15, 0.2) is 21.6 Å². The average molecular weight is 294 g/mol. The fourth-order valence-corrected chi connectivity index (χ4v) is 2.69. The summed E-state index contributed by atoms with van der Waals surface area (Å²) in [6, 6.07) is 3.01. The molecule has 0 radical (unpaired) electrons. The lowest BCUT2D eigenvalue weighted by Crippen LogP contribution is -2.32. The first kappa shape index (κ1) is 15.4.